The number of rotatable bonds is 10. The van der Waals surface area contributed by atoms with Gasteiger partial charge in [0.25, 0.3) is 5.69 Å². The molecule has 10 heteroatoms. The summed E-state index contributed by atoms with van der Waals surface area (Å²) in [5.74, 6) is -0.201. The van der Waals surface area contributed by atoms with Crippen LogP contribution in [0.3, 0.4) is 0 Å². The van der Waals surface area contributed by atoms with Gasteiger partial charge < -0.3 is 15.1 Å². The van der Waals surface area contributed by atoms with Gasteiger partial charge in [0, 0.05) is 45.1 Å². The minimum atomic E-state index is -0.478. The van der Waals surface area contributed by atoms with Crippen LogP contribution in [0.4, 0.5) is 17.1 Å². The molecule has 5 rings (SSSR count). The van der Waals surface area contributed by atoms with Crippen molar-refractivity contribution in [2.45, 2.75) is 6.42 Å². The van der Waals surface area contributed by atoms with Crippen molar-refractivity contribution in [1.82, 2.24) is 0 Å². The first-order valence-electron chi connectivity index (χ1n) is 13.4. The van der Waals surface area contributed by atoms with Crippen molar-refractivity contribution in [2.75, 3.05) is 10.6 Å². The second kappa shape index (κ2) is 13.6. The maximum absolute atomic E-state index is 13.4. The van der Waals surface area contributed by atoms with Gasteiger partial charge in [0.05, 0.1) is 17.0 Å². The summed E-state index contributed by atoms with van der Waals surface area (Å²) in [4.78, 5) is 49.5. The number of furan rings is 1. The van der Waals surface area contributed by atoms with Gasteiger partial charge in [0.1, 0.15) is 11.5 Å². The maximum Gasteiger partial charge on any atom is 0.269 e. The van der Waals surface area contributed by atoms with E-state index in [9.17, 15) is 24.5 Å². The van der Waals surface area contributed by atoms with Crippen molar-refractivity contribution in [3.05, 3.63) is 152 Å². The molecule has 0 aliphatic heterocycles. The number of amides is 2. The molecular weight excluding hydrogens is 626 g/mol. The van der Waals surface area contributed by atoms with E-state index in [1.165, 1.54) is 30.4 Å². The smallest absolute Gasteiger partial charge is 0.269 e. The third-order valence-corrected chi connectivity index (χ3v) is 7.31. The molecule has 0 saturated heterocycles. The molecule has 0 spiro atoms. The van der Waals surface area contributed by atoms with Gasteiger partial charge in [0.2, 0.25) is 11.8 Å². The molecule has 0 radical (unpaired) electrons. The predicted octanol–water partition coefficient (Wildman–Crippen LogP) is 7.68. The van der Waals surface area contributed by atoms with Gasteiger partial charge in [-0.25, -0.2) is 0 Å². The van der Waals surface area contributed by atoms with Crippen molar-refractivity contribution in [3.8, 4) is 11.3 Å². The van der Waals surface area contributed by atoms with Crippen molar-refractivity contribution in [3.63, 3.8) is 0 Å². The minimum Gasteiger partial charge on any atom is -0.457 e. The normalized spacial score (nSPS) is 10.8. The Kier molecular flexibility index (Phi) is 9.22. The summed E-state index contributed by atoms with van der Waals surface area (Å²) in [5, 5.41) is 16.5. The third kappa shape index (κ3) is 7.42. The van der Waals surface area contributed by atoms with Crippen LogP contribution in [-0.4, -0.2) is 22.5 Å². The highest BCUT2D eigenvalue weighted by molar-refractivity contribution is 9.10. The zero-order valence-electron chi connectivity index (χ0n) is 23.0. The number of halogens is 1. The van der Waals surface area contributed by atoms with E-state index >= 15 is 0 Å². The van der Waals surface area contributed by atoms with E-state index in [2.05, 4.69) is 26.6 Å². The fraction of sp³-hybridized carbons (Fsp3) is 0.0294. The van der Waals surface area contributed by atoms with Gasteiger partial charge in [0.15, 0.2) is 5.78 Å². The topological polar surface area (TPSA) is 132 Å². The van der Waals surface area contributed by atoms with Gasteiger partial charge in [-0.15, -0.1) is 0 Å². The van der Waals surface area contributed by atoms with Gasteiger partial charge in [-0.2, -0.15) is 0 Å². The second-order valence-corrected chi connectivity index (χ2v) is 10.5. The van der Waals surface area contributed by atoms with Crippen LogP contribution in [-0.2, 0) is 16.0 Å². The molecule has 0 atom stereocenters. The van der Waals surface area contributed by atoms with Crippen LogP contribution in [0, 0.1) is 10.1 Å². The predicted molar refractivity (Wildman–Crippen MR) is 171 cm³/mol. The molecule has 44 heavy (non-hydrogen) atoms. The first-order chi connectivity index (χ1) is 21.3. The SMILES string of the molecule is O=C(/C=C/c1ccc(-c2ccc([N+](=O)[O-])cc2)o1)Nc1ccc(NC(=O)Cc2ccccc2Br)c(C(=O)c2ccccc2)c1. The number of nitrogens with zero attached hydrogens (tertiary/aromatic N) is 1. The zero-order chi connectivity index (χ0) is 31.1. The molecule has 2 amide bonds. The number of benzene rings is 4. The molecule has 218 valence electrons. The van der Waals surface area contributed by atoms with E-state index in [4.69, 9.17) is 4.42 Å². The van der Waals surface area contributed by atoms with Crippen LogP contribution >= 0.6 is 15.9 Å². The highest BCUT2D eigenvalue weighted by atomic mass is 79.9. The van der Waals surface area contributed by atoms with Crippen LogP contribution in [0.25, 0.3) is 17.4 Å². The van der Waals surface area contributed by atoms with Crippen molar-refractivity contribution >= 4 is 56.7 Å². The summed E-state index contributed by atoms with van der Waals surface area (Å²) in [6.45, 7) is 0. The number of anilines is 2. The maximum atomic E-state index is 13.4. The van der Waals surface area contributed by atoms with Crippen LogP contribution in [0.5, 0.6) is 0 Å². The fourth-order valence-corrected chi connectivity index (χ4v) is 4.78. The molecule has 0 bridgehead atoms. The first-order valence-corrected chi connectivity index (χ1v) is 14.2. The molecule has 1 heterocycles. The summed E-state index contributed by atoms with van der Waals surface area (Å²) in [5.41, 5.74) is 2.75. The van der Waals surface area contributed by atoms with E-state index < -0.39 is 10.8 Å². The van der Waals surface area contributed by atoms with Gasteiger partial charge >= 0.3 is 0 Å². The van der Waals surface area contributed by atoms with Crippen LogP contribution in [0.1, 0.15) is 27.2 Å². The molecule has 4 aromatic carbocycles. The van der Waals surface area contributed by atoms with Crippen LogP contribution in [0.15, 0.2) is 124 Å². The Morgan fingerprint density at radius 2 is 1.57 bits per heavy atom. The Morgan fingerprint density at radius 1 is 0.841 bits per heavy atom. The molecule has 0 aliphatic rings. The van der Waals surface area contributed by atoms with E-state index in [0.29, 0.717) is 34.0 Å². The standard InChI is InChI=1S/C34H24BrN3O6/c35-29-9-5-4-8-24(29)20-33(40)37-30-17-12-25(21-28(30)34(41)23-6-2-1-3-7-23)36-32(39)19-16-27-15-18-31(44-27)22-10-13-26(14-11-22)38(42)43/h1-19,21H,20H2,(H,36,39)(H,37,40)/b19-16+. The number of hydrogen-bond acceptors (Lipinski definition) is 6. The summed E-state index contributed by atoms with van der Waals surface area (Å²) in [6, 6.07) is 30.0. The second-order valence-electron chi connectivity index (χ2n) is 9.60. The van der Waals surface area contributed by atoms with Crippen molar-refractivity contribution in [2.24, 2.45) is 0 Å². The van der Waals surface area contributed by atoms with E-state index in [1.807, 2.05) is 24.3 Å². The number of ketones is 1. The largest absolute Gasteiger partial charge is 0.457 e. The lowest BCUT2D eigenvalue weighted by molar-refractivity contribution is -0.384. The number of carbonyl (C=O) groups excluding carboxylic acids is 3. The quantitative estimate of drug-likeness (QED) is 0.0690. The Balaban J connectivity index is 1.31. The highest BCUT2D eigenvalue weighted by Crippen LogP contribution is 2.27. The highest BCUT2D eigenvalue weighted by Gasteiger charge is 2.18. The van der Waals surface area contributed by atoms with Crippen LogP contribution in [0.2, 0.25) is 0 Å². The summed E-state index contributed by atoms with van der Waals surface area (Å²) >= 11 is 3.45. The van der Waals surface area contributed by atoms with E-state index in [0.717, 1.165) is 10.0 Å². The van der Waals surface area contributed by atoms with Crippen LogP contribution < -0.4 is 10.6 Å². The number of hydrogen-bond donors (Lipinski definition) is 2. The number of nitrogens with one attached hydrogen (secondary N) is 2. The molecule has 0 unspecified atom stereocenters. The number of nitro groups is 1. The molecule has 1 aromatic heterocycles. The number of nitro benzene ring substituents is 1. The van der Waals surface area contributed by atoms with Gasteiger partial charge in [-0.3, -0.25) is 24.5 Å². The number of non-ortho nitro benzene ring substituents is 1. The molecular formula is C34H24BrN3O6. The average Bonchev–Trinajstić information content (AvgIpc) is 3.51. The Labute approximate surface area is 260 Å². The van der Waals surface area contributed by atoms with E-state index in [1.54, 1.807) is 66.7 Å². The monoisotopic (exact) mass is 649 g/mol. The first kappa shape index (κ1) is 29.9. The average molecular weight is 650 g/mol. The van der Waals surface area contributed by atoms with Crippen molar-refractivity contribution in [1.29, 1.82) is 0 Å². The Hall–Kier alpha value is -5.61. The summed E-state index contributed by atoms with van der Waals surface area (Å²) < 4.78 is 6.55. The molecule has 9 nitrogen and oxygen atoms in total. The summed E-state index contributed by atoms with van der Waals surface area (Å²) in [7, 11) is 0. The molecule has 5 aromatic rings. The molecule has 0 aliphatic carbocycles. The third-order valence-electron chi connectivity index (χ3n) is 6.54. The molecule has 0 fully saturated rings. The minimum absolute atomic E-state index is 0.0263. The summed E-state index contributed by atoms with van der Waals surface area (Å²) in [6.07, 6.45) is 2.86. The Morgan fingerprint density at radius 3 is 2.30 bits per heavy atom. The lowest BCUT2D eigenvalue weighted by atomic mass is 10.0. The number of carbonyl (C=O) groups is 3. The molecule has 0 saturated carbocycles. The Bertz CT molecular complexity index is 1880. The zero-order valence-corrected chi connectivity index (χ0v) is 24.6. The molecule has 2 N–H and O–H groups in total. The van der Waals surface area contributed by atoms with Crippen molar-refractivity contribution < 1.29 is 23.7 Å². The lowest BCUT2D eigenvalue weighted by Crippen LogP contribution is -2.18. The fourth-order valence-electron chi connectivity index (χ4n) is 4.36. The van der Waals surface area contributed by atoms with Gasteiger partial charge in [-0.1, -0.05) is 64.5 Å². The van der Waals surface area contributed by atoms with Gasteiger partial charge in [-0.05, 0) is 60.2 Å². The van der Waals surface area contributed by atoms with E-state index in [-0.39, 0.29) is 29.4 Å². The lowest BCUT2D eigenvalue weighted by Gasteiger charge is -2.13.